The second-order valence-corrected chi connectivity index (χ2v) is 11.6. The minimum Gasteiger partial charge on any atom is -0.351 e. The van der Waals surface area contributed by atoms with Crippen molar-refractivity contribution < 1.29 is 14.4 Å². The van der Waals surface area contributed by atoms with Gasteiger partial charge < -0.3 is 16.0 Å². The van der Waals surface area contributed by atoms with Crippen LogP contribution < -0.4 is 20.9 Å². The molecule has 2 unspecified atom stereocenters. The van der Waals surface area contributed by atoms with Crippen LogP contribution in [0, 0.1) is 6.92 Å². The number of carbonyl (C=O) groups is 3. The van der Waals surface area contributed by atoms with Gasteiger partial charge in [0.15, 0.2) is 0 Å². The van der Waals surface area contributed by atoms with Crippen LogP contribution in [0.5, 0.6) is 0 Å². The highest BCUT2D eigenvalue weighted by molar-refractivity contribution is 6.42. The van der Waals surface area contributed by atoms with Crippen LogP contribution in [-0.2, 0) is 9.59 Å². The summed E-state index contributed by atoms with van der Waals surface area (Å²) >= 11 is 12.6. The first-order chi connectivity index (χ1) is 18.4. The summed E-state index contributed by atoms with van der Waals surface area (Å²) in [6, 6.07) is 18.3. The van der Waals surface area contributed by atoms with Crippen molar-refractivity contribution in [3.8, 4) is 0 Å². The minimum absolute atomic E-state index is 0.210. The topological polar surface area (TPSA) is 95.7 Å². The Labute approximate surface area is 238 Å². The number of nitrogens with zero attached hydrogens (tertiary/aromatic N) is 2. The van der Waals surface area contributed by atoms with Crippen LogP contribution >= 0.6 is 23.2 Å². The minimum atomic E-state index is -1.00. The second kappa shape index (κ2) is 11.3. The number of rotatable bonds is 5. The lowest BCUT2D eigenvalue weighted by atomic mass is 9.85. The number of anilines is 2. The molecule has 1 aliphatic rings. The van der Waals surface area contributed by atoms with E-state index in [1.165, 1.54) is 9.80 Å². The monoisotopic (exact) mass is 566 g/mol. The Hall–Kier alpha value is -3.55. The SMILES string of the molecule is Cc1cccc(N(C(N)=O)C2CC(c3ccc(Cl)c(Cl)c3)c3ccccc3N(CC(=O)NC(C)(C)C)C2=O)c1. The molecule has 2 atom stereocenters. The lowest BCUT2D eigenvalue weighted by molar-refractivity contribution is -0.125. The maximum atomic E-state index is 14.4. The fourth-order valence-corrected chi connectivity index (χ4v) is 5.35. The summed E-state index contributed by atoms with van der Waals surface area (Å²) in [4.78, 5) is 43.2. The van der Waals surface area contributed by atoms with E-state index in [1.807, 2.05) is 70.2 Å². The van der Waals surface area contributed by atoms with E-state index in [0.29, 0.717) is 21.4 Å². The molecule has 9 heteroatoms. The highest BCUT2D eigenvalue weighted by Crippen LogP contribution is 2.42. The lowest BCUT2D eigenvalue weighted by Gasteiger charge is -2.33. The first kappa shape index (κ1) is 28.5. The number of benzene rings is 3. The molecule has 3 aromatic carbocycles. The van der Waals surface area contributed by atoms with Gasteiger partial charge in [-0.05, 0) is 81.1 Å². The third-order valence-corrected chi connectivity index (χ3v) is 7.34. The van der Waals surface area contributed by atoms with Crippen LogP contribution in [0.3, 0.4) is 0 Å². The first-order valence-electron chi connectivity index (χ1n) is 12.7. The van der Waals surface area contributed by atoms with Gasteiger partial charge in [-0.25, -0.2) is 4.79 Å². The zero-order valence-corrected chi connectivity index (χ0v) is 23.9. The zero-order valence-electron chi connectivity index (χ0n) is 22.4. The van der Waals surface area contributed by atoms with E-state index in [0.717, 1.165) is 16.7 Å². The summed E-state index contributed by atoms with van der Waals surface area (Å²) in [6.07, 6.45) is 0.210. The number of carbonyl (C=O) groups excluding carboxylic acids is 3. The van der Waals surface area contributed by atoms with Crippen molar-refractivity contribution in [2.24, 2.45) is 5.73 Å². The molecular weight excluding hydrogens is 535 g/mol. The van der Waals surface area contributed by atoms with Crippen molar-refractivity contribution >= 4 is 52.4 Å². The number of fused-ring (bicyclic) bond motifs is 1. The molecule has 4 rings (SSSR count). The van der Waals surface area contributed by atoms with E-state index in [-0.39, 0.29) is 24.8 Å². The van der Waals surface area contributed by atoms with E-state index in [9.17, 15) is 14.4 Å². The molecule has 0 radical (unpaired) electrons. The Morgan fingerprint density at radius 2 is 1.74 bits per heavy atom. The third kappa shape index (κ3) is 6.37. The Morgan fingerprint density at radius 1 is 1.03 bits per heavy atom. The zero-order chi connectivity index (χ0) is 28.5. The highest BCUT2D eigenvalue weighted by atomic mass is 35.5. The Morgan fingerprint density at radius 3 is 2.38 bits per heavy atom. The standard InChI is InChI=1S/C30H32Cl2N4O3/c1-18-8-7-9-20(14-18)36(29(33)39)26-16-22(19-12-13-23(31)24(32)15-19)21-10-5-6-11-25(21)35(28(26)38)17-27(37)34-30(2,3)4/h5-15,22,26H,16-17H2,1-4H3,(H2,33,39)(H,34,37). The summed E-state index contributed by atoms with van der Waals surface area (Å²) < 4.78 is 0. The molecule has 39 heavy (non-hydrogen) atoms. The molecule has 0 bridgehead atoms. The van der Waals surface area contributed by atoms with Gasteiger partial charge in [-0.1, -0.05) is 59.6 Å². The van der Waals surface area contributed by atoms with Crippen LogP contribution in [0.1, 0.15) is 49.8 Å². The van der Waals surface area contributed by atoms with Gasteiger partial charge in [-0.2, -0.15) is 0 Å². The molecule has 1 aliphatic heterocycles. The van der Waals surface area contributed by atoms with Crippen LogP contribution in [0.2, 0.25) is 10.0 Å². The van der Waals surface area contributed by atoms with Crippen molar-refractivity contribution in [1.82, 2.24) is 5.32 Å². The molecule has 0 spiro atoms. The van der Waals surface area contributed by atoms with Gasteiger partial charge >= 0.3 is 6.03 Å². The predicted molar refractivity (Wildman–Crippen MR) is 157 cm³/mol. The molecule has 204 valence electrons. The molecule has 3 N–H and O–H groups in total. The lowest BCUT2D eigenvalue weighted by Crippen LogP contribution is -2.55. The molecular formula is C30H32Cl2N4O3. The number of amides is 4. The van der Waals surface area contributed by atoms with Crippen LogP contribution in [0.25, 0.3) is 0 Å². The second-order valence-electron chi connectivity index (χ2n) is 10.8. The average Bonchev–Trinajstić information content (AvgIpc) is 2.95. The Balaban J connectivity index is 1.90. The number of halogens is 2. The molecule has 0 fully saturated rings. The molecule has 0 saturated heterocycles. The van der Waals surface area contributed by atoms with Gasteiger partial charge in [-0.3, -0.25) is 14.5 Å². The third-order valence-electron chi connectivity index (χ3n) is 6.60. The normalized spacial score (nSPS) is 17.3. The van der Waals surface area contributed by atoms with E-state index in [2.05, 4.69) is 5.32 Å². The van der Waals surface area contributed by atoms with Gasteiger partial charge in [0.05, 0.1) is 10.0 Å². The first-order valence-corrected chi connectivity index (χ1v) is 13.4. The molecule has 7 nitrogen and oxygen atoms in total. The van der Waals surface area contributed by atoms with Gasteiger partial charge in [0.2, 0.25) is 5.91 Å². The highest BCUT2D eigenvalue weighted by Gasteiger charge is 2.41. The fourth-order valence-electron chi connectivity index (χ4n) is 5.04. The summed E-state index contributed by atoms with van der Waals surface area (Å²) in [5.74, 6) is -1.08. The number of aryl methyl sites for hydroxylation is 1. The molecule has 1 heterocycles. The number of hydrogen-bond donors (Lipinski definition) is 2. The predicted octanol–water partition coefficient (Wildman–Crippen LogP) is 6.04. The van der Waals surface area contributed by atoms with Gasteiger partial charge in [-0.15, -0.1) is 0 Å². The number of primary amides is 1. The van der Waals surface area contributed by atoms with Crippen molar-refractivity contribution in [2.75, 3.05) is 16.3 Å². The number of urea groups is 1. The van der Waals surface area contributed by atoms with E-state index >= 15 is 0 Å². The van der Waals surface area contributed by atoms with Crippen molar-refractivity contribution in [3.63, 3.8) is 0 Å². The maximum absolute atomic E-state index is 14.4. The smallest absolute Gasteiger partial charge is 0.320 e. The van der Waals surface area contributed by atoms with Gasteiger partial charge in [0, 0.05) is 22.8 Å². The average molecular weight is 568 g/mol. The number of hydrogen-bond acceptors (Lipinski definition) is 3. The largest absolute Gasteiger partial charge is 0.351 e. The number of nitrogens with two attached hydrogens (primary N) is 1. The molecule has 0 saturated carbocycles. The van der Waals surface area contributed by atoms with Crippen molar-refractivity contribution in [2.45, 2.75) is 51.6 Å². The Bertz CT molecular complexity index is 1420. The van der Waals surface area contributed by atoms with Crippen LogP contribution in [0.4, 0.5) is 16.2 Å². The summed E-state index contributed by atoms with van der Waals surface area (Å²) in [7, 11) is 0. The summed E-state index contributed by atoms with van der Waals surface area (Å²) in [5, 5.41) is 3.72. The van der Waals surface area contributed by atoms with Crippen molar-refractivity contribution in [3.05, 3.63) is 93.5 Å². The maximum Gasteiger partial charge on any atom is 0.320 e. The summed E-state index contributed by atoms with van der Waals surface area (Å²) in [5.41, 5.74) is 9.07. The van der Waals surface area contributed by atoms with E-state index < -0.39 is 23.5 Å². The van der Waals surface area contributed by atoms with Gasteiger partial charge in [0.1, 0.15) is 12.6 Å². The number of nitrogens with one attached hydrogen (secondary N) is 1. The molecule has 0 aromatic heterocycles. The quantitative estimate of drug-likeness (QED) is 0.394. The van der Waals surface area contributed by atoms with Gasteiger partial charge in [0.25, 0.3) is 5.91 Å². The molecule has 0 aliphatic carbocycles. The molecule has 3 aromatic rings. The van der Waals surface area contributed by atoms with Crippen LogP contribution in [0.15, 0.2) is 66.7 Å². The molecule has 4 amide bonds. The van der Waals surface area contributed by atoms with E-state index in [1.54, 1.807) is 24.3 Å². The van der Waals surface area contributed by atoms with E-state index in [4.69, 9.17) is 28.9 Å². The van der Waals surface area contributed by atoms with Crippen LogP contribution in [-0.4, -0.2) is 36.0 Å². The summed E-state index contributed by atoms with van der Waals surface area (Å²) in [6.45, 7) is 7.30. The fraction of sp³-hybridized carbons (Fsp3) is 0.300. The Kier molecular flexibility index (Phi) is 8.23. The number of para-hydroxylation sites is 1. The van der Waals surface area contributed by atoms with Crippen molar-refractivity contribution in [1.29, 1.82) is 0 Å².